The van der Waals surface area contributed by atoms with Gasteiger partial charge in [0.2, 0.25) is 0 Å². The van der Waals surface area contributed by atoms with Gasteiger partial charge < -0.3 is 20.1 Å². The Balaban J connectivity index is 3.38. The zero-order valence-electron chi connectivity index (χ0n) is 4.99. The van der Waals surface area contributed by atoms with Crippen molar-refractivity contribution in [1.82, 2.24) is 0 Å². The Labute approximate surface area is 54.6 Å². The molecule has 0 aromatic heterocycles. The van der Waals surface area contributed by atoms with Crippen LogP contribution < -0.4 is 5.73 Å². The van der Waals surface area contributed by atoms with Crippen molar-refractivity contribution in [3.63, 3.8) is 0 Å². The fourth-order valence-corrected chi connectivity index (χ4v) is 0.821. The Morgan fingerprint density at radius 1 is 1.22 bits per heavy atom. The van der Waals surface area contributed by atoms with Crippen LogP contribution in [0.2, 0.25) is 6.04 Å². The van der Waals surface area contributed by atoms with Crippen LogP contribution in [0.4, 0.5) is 0 Å². The first-order chi connectivity index (χ1) is 4.06. The van der Waals surface area contributed by atoms with E-state index in [-0.39, 0.29) is 6.04 Å². The zero-order chi connectivity index (χ0) is 7.33. The van der Waals surface area contributed by atoms with E-state index in [1.165, 1.54) is 6.08 Å². The first kappa shape index (κ1) is 8.80. The van der Waals surface area contributed by atoms with Gasteiger partial charge >= 0.3 is 8.80 Å². The number of hydrogen-bond donors (Lipinski definition) is 4. The van der Waals surface area contributed by atoms with E-state index < -0.39 is 8.80 Å². The van der Waals surface area contributed by atoms with E-state index in [1.54, 1.807) is 6.08 Å². The maximum Gasteiger partial charge on any atom is 0.496 e. The van der Waals surface area contributed by atoms with Crippen molar-refractivity contribution in [2.24, 2.45) is 5.73 Å². The van der Waals surface area contributed by atoms with E-state index in [9.17, 15) is 0 Å². The maximum atomic E-state index is 8.40. The lowest BCUT2D eigenvalue weighted by atomic mass is 10.5. The summed E-state index contributed by atoms with van der Waals surface area (Å²) in [6.07, 6.45) is 3.01. The molecule has 0 aliphatic carbocycles. The average Bonchev–Trinajstić information content (AvgIpc) is 1.63. The summed E-state index contributed by atoms with van der Waals surface area (Å²) in [4.78, 5) is 25.2. The molecule has 5 N–H and O–H groups in total. The van der Waals surface area contributed by atoms with E-state index in [1.807, 2.05) is 0 Å². The normalized spacial score (nSPS) is 12.9. The highest BCUT2D eigenvalue weighted by atomic mass is 28.4. The van der Waals surface area contributed by atoms with Crippen molar-refractivity contribution in [1.29, 1.82) is 0 Å². The monoisotopic (exact) mass is 149 g/mol. The van der Waals surface area contributed by atoms with Crippen LogP contribution in [0.1, 0.15) is 0 Å². The molecule has 0 amide bonds. The highest BCUT2D eigenvalue weighted by molar-refractivity contribution is 6.56. The fourth-order valence-electron chi connectivity index (χ4n) is 0.338. The molecule has 0 bridgehead atoms. The zero-order valence-corrected chi connectivity index (χ0v) is 5.99. The van der Waals surface area contributed by atoms with Gasteiger partial charge in [0.1, 0.15) is 0 Å². The van der Waals surface area contributed by atoms with Crippen LogP contribution in [0.3, 0.4) is 0 Å². The van der Waals surface area contributed by atoms with Crippen molar-refractivity contribution >= 4 is 8.80 Å². The second-order valence-electron chi connectivity index (χ2n) is 1.69. The molecule has 54 valence electrons. The van der Waals surface area contributed by atoms with Gasteiger partial charge in [-0.1, -0.05) is 12.2 Å². The Hall–Kier alpha value is -0.203. The molecule has 0 saturated carbocycles. The van der Waals surface area contributed by atoms with Crippen molar-refractivity contribution in [2.75, 3.05) is 6.54 Å². The fraction of sp³-hybridized carbons (Fsp3) is 0.500. The number of nitrogens with two attached hydrogens (primary N) is 1. The lowest BCUT2D eigenvalue weighted by molar-refractivity contribution is 0.233. The molecular formula is C4H11NO3Si. The lowest BCUT2D eigenvalue weighted by Gasteiger charge is -2.03. The topological polar surface area (TPSA) is 86.7 Å². The Kier molecular flexibility index (Phi) is 3.67. The molecule has 0 radical (unpaired) electrons. The van der Waals surface area contributed by atoms with Gasteiger partial charge in [0.25, 0.3) is 0 Å². The van der Waals surface area contributed by atoms with E-state index in [2.05, 4.69) is 0 Å². The van der Waals surface area contributed by atoms with Crippen molar-refractivity contribution in [3.8, 4) is 0 Å². The van der Waals surface area contributed by atoms with Crippen LogP contribution in [0, 0.1) is 0 Å². The minimum absolute atomic E-state index is 0.0792. The second kappa shape index (κ2) is 3.75. The summed E-state index contributed by atoms with van der Waals surface area (Å²) in [6.45, 7) is 0.352. The summed E-state index contributed by atoms with van der Waals surface area (Å²) >= 11 is 0. The standard InChI is InChI=1S/C4H11NO3Si/c5-3-1-2-4-9(6,7)8/h1-2,6-8H,3-5H2. The number of hydrogen-bond acceptors (Lipinski definition) is 4. The molecule has 0 heterocycles. The Morgan fingerprint density at radius 2 is 1.78 bits per heavy atom. The number of rotatable bonds is 3. The van der Waals surface area contributed by atoms with Gasteiger partial charge in [-0.05, 0) is 0 Å². The van der Waals surface area contributed by atoms with Crippen LogP contribution in [-0.4, -0.2) is 29.7 Å². The van der Waals surface area contributed by atoms with Crippen LogP contribution in [0.15, 0.2) is 12.2 Å². The van der Waals surface area contributed by atoms with Gasteiger partial charge in [0, 0.05) is 12.6 Å². The third-order valence-corrected chi connectivity index (χ3v) is 1.48. The lowest BCUT2D eigenvalue weighted by Crippen LogP contribution is -2.33. The molecule has 0 saturated heterocycles. The van der Waals surface area contributed by atoms with Crippen LogP contribution in [-0.2, 0) is 0 Å². The summed E-state index contributed by atoms with van der Waals surface area (Å²) in [7, 11) is -3.84. The van der Waals surface area contributed by atoms with Gasteiger partial charge in [0.15, 0.2) is 0 Å². The number of allylic oxidation sites excluding steroid dienone is 1. The third kappa shape index (κ3) is 7.80. The van der Waals surface area contributed by atoms with Gasteiger partial charge in [-0.3, -0.25) is 0 Å². The first-order valence-corrected chi connectivity index (χ1v) is 4.63. The largest absolute Gasteiger partial charge is 0.496 e. The maximum absolute atomic E-state index is 8.40. The summed E-state index contributed by atoms with van der Waals surface area (Å²) in [5.41, 5.74) is 5.04. The molecule has 0 aromatic carbocycles. The minimum Gasteiger partial charge on any atom is -0.390 e. The predicted molar refractivity (Wildman–Crippen MR) is 35.4 cm³/mol. The molecule has 0 aliphatic heterocycles. The highest BCUT2D eigenvalue weighted by Gasteiger charge is 2.23. The molecule has 0 aliphatic rings. The van der Waals surface area contributed by atoms with Gasteiger partial charge in [-0.15, -0.1) is 0 Å². The molecule has 0 atom stereocenters. The van der Waals surface area contributed by atoms with E-state index in [4.69, 9.17) is 20.1 Å². The van der Waals surface area contributed by atoms with Crippen LogP contribution >= 0.6 is 0 Å². The molecule has 4 nitrogen and oxygen atoms in total. The average molecular weight is 149 g/mol. The van der Waals surface area contributed by atoms with Gasteiger partial charge in [-0.2, -0.15) is 0 Å². The SMILES string of the molecule is NCC=CC[Si](O)(O)O. The van der Waals surface area contributed by atoms with E-state index >= 15 is 0 Å². The van der Waals surface area contributed by atoms with E-state index in [0.29, 0.717) is 6.54 Å². The quantitative estimate of drug-likeness (QED) is 0.288. The molecule has 0 fully saturated rings. The highest BCUT2D eigenvalue weighted by Crippen LogP contribution is 1.95. The van der Waals surface area contributed by atoms with Crippen molar-refractivity contribution in [2.45, 2.75) is 6.04 Å². The summed E-state index contributed by atoms with van der Waals surface area (Å²) in [5, 5.41) is 0. The van der Waals surface area contributed by atoms with Gasteiger partial charge in [-0.25, -0.2) is 0 Å². The minimum atomic E-state index is -3.84. The Bertz CT molecular complexity index is 98.5. The Morgan fingerprint density at radius 3 is 2.11 bits per heavy atom. The van der Waals surface area contributed by atoms with Crippen LogP contribution in [0.25, 0.3) is 0 Å². The molecule has 0 rings (SSSR count). The van der Waals surface area contributed by atoms with E-state index in [0.717, 1.165) is 0 Å². The van der Waals surface area contributed by atoms with Crippen molar-refractivity contribution < 1.29 is 14.4 Å². The second-order valence-corrected chi connectivity index (χ2v) is 3.64. The van der Waals surface area contributed by atoms with Gasteiger partial charge in [0.05, 0.1) is 0 Å². The van der Waals surface area contributed by atoms with Crippen LogP contribution in [0.5, 0.6) is 0 Å². The molecular weight excluding hydrogens is 138 g/mol. The third-order valence-electron chi connectivity index (χ3n) is 0.694. The van der Waals surface area contributed by atoms with Crippen molar-refractivity contribution in [3.05, 3.63) is 12.2 Å². The summed E-state index contributed by atoms with van der Waals surface area (Å²) < 4.78 is 0. The first-order valence-electron chi connectivity index (χ1n) is 2.58. The smallest absolute Gasteiger partial charge is 0.390 e. The molecule has 0 unspecified atom stereocenters. The summed E-state index contributed by atoms with van der Waals surface area (Å²) in [5.74, 6) is 0. The predicted octanol–water partition coefficient (Wildman–Crippen LogP) is -1.58. The molecule has 9 heavy (non-hydrogen) atoms. The summed E-state index contributed by atoms with van der Waals surface area (Å²) in [6, 6.07) is -0.0792. The molecule has 5 heteroatoms. The molecule has 0 aromatic rings. The molecule has 0 spiro atoms.